The van der Waals surface area contributed by atoms with Gasteiger partial charge in [-0.1, -0.05) is 0 Å². The molecule has 1 aromatic heterocycles. The number of carbonyl (C=O) groups excluding carboxylic acids is 1. The van der Waals surface area contributed by atoms with Gasteiger partial charge in [0, 0.05) is 0 Å². The summed E-state index contributed by atoms with van der Waals surface area (Å²) in [6.07, 6.45) is 4.39. The highest BCUT2D eigenvalue weighted by atomic mass is 35.5. The maximum atomic E-state index is 12.9. The standard InChI is InChI=1S/C18H16Cl2F2N2O6/c1-26-15-10(17(25)24-14-12(29-19)6-23-7-13(14)30-20)4-5-11(28-18(21)22)16(15)27-8-9-2-3-9/h4-7,9,18H,2-3,8H2,1H3,(H,23,24,25). The van der Waals surface area contributed by atoms with Crippen molar-refractivity contribution >= 4 is 35.3 Å². The minimum absolute atomic E-state index is 0.00425. The van der Waals surface area contributed by atoms with Gasteiger partial charge in [-0.3, -0.25) is 9.78 Å². The summed E-state index contributed by atoms with van der Waals surface area (Å²) in [7, 11) is 1.27. The average molecular weight is 465 g/mol. The molecule has 2 aromatic rings. The molecule has 3 rings (SSSR count). The van der Waals surface area contributed by atoms with Crippen molar-refractivity contribution in [2.75, 3.05) is 19.0 Å². The molecule has 1 heterocycles. The number of anilines is 1. The van der Waals surface area contributed by atoms with E-state index in [2.05, 4.69) is 23.6 Å². The smallest absolute Gasteiger partial charge is 0.387 e. The monoisotopic (exact) mass is 464 g/mol. The molecule has 1 amide bonds. The van der Waals surface area contributed by atoms with Crippen LogP contribution in [0, 0.1) is 5.92 Å². The molecule has 1 N–H and O–H groups in total. The van der Waals surface area contributed by atoms with Crippen LogP contribution in [0.4, 0.5) is 14.5 Å². The lowest BCUT2D eigenvalue weighted by molar-refractivity contribution is -0.0516. The van der Waals surface area contributed by atoms with Gasteiger partial charge in [0.2, 0.25) is 5.75 Å². The van der Waals surface area contributed by atoms with Gasteiger partial charge >= 0.3 is 6.61 Å². The van der Waals surface area contributed by atoms with Crippen molar-refractivity contribution in [3.8, 4) is 28.7 Å². The van der Waals surface area contributed by atoms with Crippen molar-refractivity contribution in [2.45, 2.75) is 19.5 Å². The molecule has 8 nitrogen and oxygen atoms in total. The molecule has 0 atom stereocenters. The second-order valence-electron chi connectivity index (χ2n) is 6.23. The number of pyridine rings is 1. The van der Waals surface area contributed by atoms with Crippen LogP contribution in [0.15, 0.2) is 24.5 Å². The zero-order chi connectivity index (χ0) is 21.7. The van der Waals surface area contributed by atoms with Gasteiger partial charge < -0.3 is 28.1 Å². The first-order valence-electron chi connectivity index (χ1n) is 8.63. The van der Waals surface area contributed by atoms with Crippen LogP contribution in [0.3, 0.4) is 0 Å². The van der Waals surface area contributed by atoms with E-state index in [1.54, 1.807) is 0 Å². The third kappa shape index (κ3) is 5.06. The lowest BCUT2D eigenvalue weighted by Crippen LogP contribution is -2.16. The Morgan fingerprint density at radius 3 is 2.37 bits per heavy atom. The van der Waals surface area contributed by atoms with Crippen molar-refractivity contribution < 1.29 is 36.4 Å². The van der Waals surface area contributed by atoms with Crippen molar-refractivity contribution in [3.05, 3.63) is 30.1 Å². The summed E-state index contributed by atoms with van der Waals surface area (Å²) in [5.74, 6) is -0.901. The number of nitrogens with zero attached hydrogens (tertiary/aromatic N) is 1. The fourth-order valence-corrected chi connectivity index (χ4v) is 2.82. The molecule has 1 aliphatic rings. The van der Waals surface area contributed by atoms with Crippen molar-refractivity contribution in [1.29, 1.82) is 0 Å². The molecule has 1 aromatic carbocycles. The molecule has 0 spiro atoms. The van der Waals surface area contributed by atoms with Gasteiger partial charge in [-0.05, 0) is 30.9 Å². The van der Waals surface area contributed by atoms with Gasteiger partial charge in [-0.25, -0.2) is 0 Å². The highest BCUT2D eigenvalue weighted by molar-refractivity contribution is 6.13. The zero-order valence-electron chi connectivity index (χ0n) is 15.5. The quantitative estimate of drug-likeness (QED) is 0.540. The average Bonchev–Trinajstić information content (AvgIpc) is 3.56. The van der Waals surface area contributed by atoms with Gasteiger partial charge in [0.1, 0.15) is 29.4 Å². The number of aromatic nitrogens is 1. The van der Waals surface area contributed by atoms with E-state index in [0.29, 0.717) is 5.92 Å². The van der Waals surface area contributed by atoms with Crippen molar-refractivity contribution in [1.82, 2.24) is 4.98 Å². The predicted octanol–water partition coefficient (Wildman–Crippen LogP) is 4.80. The van der Waals surface area contributed by atoms with E-state index in [-0.39, 0.29) is 46.6 Å². The summed E-state index contributed by atoms with van der Waals surface area (Å²) < 4.78 is 50.3. The number of carbonyl (C=O) groups is 1. The number of amides is 1. The molecule has 1 aliphatic carbocycles. The zero-order valence-corrected chi connectivity index (χ0v) is 17.0. The van der Waals surface area contributed by atoms with E-state index >= 15 is 0 Å². The minimum atomic E-state index is -3.08. The van der Waals surface area contributed by atoms with Crippen LogP contribution in [0.1, 0.15) is 23.2 Å². The van der Waals surface area contributed by atoms with E-state index in [1.807, 2.05) is 0 Å². The third-order valence-corrected chi connectivity index (χ3v) is 4.51. The summed E-state index contributed by atoms with van der Waals surface area (Å²) in [4.78, 5) is 16.7. The first kappa shape index (κ1) is 22.0. The molecule has 30 heavy (non-hydrogen) atoms. The number of alkyl halides is 2. The number of hydrogen-bond acceptors (Lipinski definition) is 7. The maximum absolute atomic E-state index is 12.9. The highest BCUT2D eigenvalue weighted by Gasteiger charge is 2.28. The Balaban J connectivity index is 1.96. The largest absolute Gasteiger partial charge is 0.492 e. The fraction of sp³-hybridized carbons (Fsp3) is 0.333. The number of methoxy groups -OCH3 is 1. The van der Waals surface area contributed by atoms with E-state index in [0.717, 1.165) is 12.8 Å². The summed E-state index contributed by atoms with van der Waals surface area (Å²) in [6.45, 7) is -2.80. The normalized spacial score (nSPS) is 13.0. The van der Waals surface area contributed by atoms with E-state index in [9.17, 15) is 13.6 Å². The number of benzene rings is 1. The summed E-state index contributed by atoms with van der Waals surface area (Å²) in [5, 5.41) is 2.51. The Kier molecular flexibility index (Phi) is 7.22. The van der Waals surface area contributed by atoms with Crippen molar-refractivity contribution in [2.24, 2.45) is 5.92 Å². The first-order chi connectivity index (χ1) is 14.5. The van der Waals surface area contributed by atoms with E-state index in [1.165, 1.54) is 31.6 Å². The Morgan fingerprint density at radius 1 is 1.17 bits per heavy atom. The van der Waals surface area contributed by atoms with Crippen LogP contribution < -0.4 is 28.1 Å². The Morgan fingerprint density at radius 2 is 1.83 bits per heavy atom. The van der Waals surface area contributed by atoms with Crippen LogP contribution in [-0.2, 0) is 0 Å². The highest BCUT2D eigenvalue weighted by Crippen LogP contribution is 2.43. The lowest BCUT2D eigenvalue weighted by atomic mass is 10.1. The lowest BCUT2D eigenvalue weighted by Gasteiger charge is -2.18. The predicted molar refractivity (Wildman–Crippen MR) is 103 cm³/mol. The molecule has 0 unspecified atom stereocenters. The Hall–Kier alpha value is -2.72. The molecular weight excluding hydrogens is 449 g/mol. The van der Waals surface area contributed by atoms with E-state index < -0.39 is 12.5 Å². The molecule has 162 valence electrons. The molecule has 0 radical (unpaired) electrons. The maximum Gasteiger partial charge on any atom is 0.387 e. The SMILES string of the molecule is COc1c(C(=O)Nc2c(OCl)cncc2OCl)ccc(OC(F)F)c1OCC1CC1. The van der Waals surface area contributed by atoms with Crippen LogP contribution in [0.2, 0.25) is 0 Å². The Bertz CT molecular complexity index is 892. The molecule has 1 saturated carbocycles. The fourth-order valence-electron chi connectivity index (χ4n) is 2.58. The number of hydrogen-bond donors (Lipinski definition) is 1. The van der Waals surface area contributed by atoms with Crippen LogP contribution in [0.25, 0.3) is 0 Å². The van der Waals surface area contributed by atoms with Gasteiger partial charge in [-0.15, -0.1) is 0 Å². The minimum Gasteiger partial charge on any atom is -0.492 e. The second-order valence-corrected chi connectivity index (χ2v) is 6.53. The third-order valence-electron chi connectivity index (χ3n) is 4.18. The van der Waals surface area contributed by atoms with E-state index in [4.69, 9.17) is 33.2 Å². The molecule has 0 saturated heterocycles. The van der Waals surface area contributed by atoms with Crippen LogP contribution >= 0.6 is 23.7 Å². The topological polar surface area (TPSA) is 88.1 Å². The number of halogens is 4. The van der Waals surface area contributed by atoms with Gasteiger partial charge in [0.15, 0.2) is 23.0 Å². The number of ether oxygens (including phenoxy) is 3. The summed E-state index contributed by atoms with van der Waals surface area (Å²) in [6, 6.07) is 2.44. The van der Waals surface area contributed by atoms with Crippen LogP contribution in [0.5, 0.6) is 28.7 Å². The number of rotatable bonds is 10. The molecule has 0 aliphatic heterocycles. The van der Waals surface area contributed by atoms with Crippen molar-refractivity contribution in [3.63, 3.8) is 0 Å². The van der Waals surface area contributed by atoms with Crippen LogP contribution in [-0.4, -0.2) is 31.2 Å². The van der Waals surface area contributed by atoms with Gasteiger partial charge in [0.05, 0.1) is 31.7 Å². The molecule has 1 fully saturated rings. The molecule has 0 bridgehead atoms. The molecule has 12 heteroatoms. The Labute approximate surface area is 180 Å². The summed E-state index contributed by atoms with van der Waals surface area (Å²) >= 11 is 10.8. The van der Waals surface area contributed by atoms with Gasteiger partial charge in [-0.2, -0.15) is 8.78 Å². The molecular formula is C18H16Cl2F2N2O6. The summed E-state index contributed by atoms with van der Waals surface area (Å²) in [5.41, 5.74) is -0.0295. The number of nitrogens with one attached hydrogen (secondary N) is 1. The second kappa shape index (κ2) is 9.86. The van der Waals surface area contributed by atoms with Gasteiger partial charge in [0.25, 0.3) is 5.91 Å². The first-order valence-corrected chi connectivity index (χ1v) is 9.25.